The number of methoxy groups -OCH3 is 1. The topological polar surface area (TPSA) is 71.5 Å². The SMILES string of the molecule is CCCCN(C)C(=O)c1cc(C(=O)Nc2ccccc2OC)ccn1. The summed E-state index contributed by atoms with van der Waals surface area (Å²) in [6.07, 6.45) is 3.40. The van der Waals surface area contributed by atoms with E-state index in [1.54, 1.807) is 37.3 Å². The molecule has 0 fully saturated rings. The molecule has 0 spiro atoms. The van der Waals surface area contributed by atoms with Crippen LogP contribution in [0, 0.1) is 0 Å². The zero-order valence-corrected chi connectivity index (χ0v) is 14.8. The number of rotatable bonds is 7. The largest absolute Gasteiger partial charge is 0.495 e. The average molecular weight is 341 g/mol. The number of hydrogen-bond acceptors (Lipinski definition) is 4. The van der Waals surface area contributed by atoms with Gasteiger partial charge in [-0.25, -0.2) is 0 Å². The Morgan fingerprint density at radius 2 is 2.00 bits per heavy atom. The summed E-state index contributed by atoms with van der Waals surface area (Å²) >= 11 is 0. The Morgan fingerprint density at radius 3 is 2.72 bits per heavy atom. The minimum absolute atomic E-state index is 0.194. The van der Waals surface area contributed by atoms with E-state index in [4.69, 9.17) is 4.74 Å². The molecule has 0 saturated carbocycles. The first kappa shape index (κ1) is 18.4. The van der Waals surface area contributed by atoms with Crippen molar-refractivity contribution in [1.29, 1.82) is 0 Å². The highest BCUT2D eigenvalue weighted by molar-refractivity contribution is 6.06. The lowest BCUT2D eigenvalue weighted by atomic mass is 10.2. The van der Waals surface area contributed by atoms with Gasteiger partial charge in [-0.15, -0.1) is 0 Å². The minimum atomic E-state index is -0.322. The molecule has 25 heavy (non-hydrogen) atoms. The fraction of sp³-hybridized carbons (Fsp3) is 0.316. The third kappa shape index (κ3) is 4.79. The Kier molecular flexibility index (Phi) is 6.51. The van der Waals surface area contributed by atoms with Crippen LogP contribution in [0.5, 0.6) is 5.75 Å². The molecule has 132 valence electrons. The maximum atomic E-state index is 12.5. The van der Waals surface area contributed by atoms with Crippen molar-refractivity contribution in [1.82, 2.24) is 9.88 Å². The summed E-state index contributed by atoms with van der Waals surface area (Å²) in [5.74, 6) is 0.0538. The number of ether oxygens (including phenoxy) is 1. The number of carbonyl (C=O) groups excluding carboxylic acids is 2. The second-order valence-electron chi connectivity index (χ2n) is 5.66. The lowest BCUT2D eigenvalue weighted by Crippen LogP contribution is -2.28. The maximum absolute atomic E-state index is 12.5. The van der Waals surface area contributed by atoms with Gasteiger partial charge in [0.2, 0.25) is 0 Å². The fourth-order valence-electron chi connectivity index (χ4n) is 2.32. The molecule has 2 rings (SSSR count). The Bertz CT molecular complexity index is 746. The first-order valence-corrected chi connectivity index (χ1v) is 8.22. The summed E-state index contributed by atoms with van der Waals surface area (Å²) in [6.45, 7) is 2.73. The van der Waals surface area contributed by atoms with Crippen LogP contribution in [-0.4, -0.2) is 42.4 Å². The molecule has 1 aromatic carbocycles. The zero-order chi connectivity index (χ0) is 18.2. The molecule has 0 radical (unpaired) electrons. The summed E-state index contributed by atoms with van der Waals surface area (Å²) in [5, 5.41) is 2.79. The standard InChI is InChI=1S/C19H23N3O3/c1-4-5-12-22(2)19(24)16-13-14(10-11-20-16)18(23)21-15-8-6-7-9-17(15)25-3/h6-11,13H,4-5,12H2,1-3H3,(H,21,23). The van der Waals surface area contributed by atoms with E-state index < -0.39 is 0 Å². The van der Waals surface area contributed by atoms with Gasteiger partial charge in [0.05, 0.1) is 12.8 Å². The van der Waals surface area contributed by atoms with E-state index >= 15 is 0 Å². The molecule has 6 heteroatoms. The van der Waals surface area contributed by atoms with Gasteiger partial charge in [-0.1, -0.05) is 25.5 Å². The molecule has 0 aliphatic rings. The van der Waals surface area contributed by atoms with E-state index in [9.17, 15) is 9.59 Å². The first-order chi connectivity index (χ1) is 12.1. The van der Waals surface area contributed by atoms with Crippen molar-refractivity contribution < 1.29 is 14.3 Å². The number of pyridine rings is 1. The van der Waals surface area contributed by atoms with Crippen LogP contribution >= 0.6 is 0 Å². The van der Waals surface area contributed by atoms with Crippen LogP contribution in [0.3, 0.4) is 0 Å². The van der Waals surface area contributed by atoms with Gasteiger partial charge in [0.15, 0.2) is 0 Å². The lowest BCUT2D eigenvalue weighted by molar-refractivity contribution is 0.0787. The Labute approximate surface area is 147 Å². The van der Waals surface area contributed by atoms with Crippen molar-refractivity contribution in [2.75, 3.05) is 26.0 Å². The van der Waals surface area contributed by atoms with Crippen LogP contribution in [0.25, 0.3) is 0 Å². The molecule has 0 bridgehead atoms. The lowest BCUT2D eigenvalue weighted by Gasteiger charge is -2.16. The molecule has 0 aliphatic heterocycles. The minimum Gasteiger partial charge on any atom is -0.495 e. The number of aromatic nitrogens is 1. The number of carbonyl (C=O) groups is 2. The van der Waals surface area contributed by atoms with E-state index in [-0.39, 0.29) is 17.5 Å². The zero-order valence-electron chi connectivity index (χ0n) is 14.8. The molecular weight excluding hydrogens is 318 g/mol. The van der Waals surface area contributed by atoms with E-state index in [2.05, 4.69) is 17.2 Å². The van der Waals surface area contributed by atoms with Crippen molar-refractivity contribution in [2.45, 2.75) is 19.8 Å². The maximum Gasteiger partial charge on any atom is 0.272 e. The van der Waals surface area contributed by atoms with Crippen LogP contribution in [0.4, 0.5) is 5.69 Å². The summed E-state index contributed by atoms with van der Waals surface area (Å²) in [4.78, 5) is 30.6. The number of para-hydroxylation sites is 2. The number of nitrogens with one attached hydrogen (secondary N) is 1. The number of benzene rings is 1. The molecule has 1 heterocycles. The smallest absolute Gasteiger partial charge is 0.272 e. The average Bonchev–Trinajstić information content (AvgIpc) is 2.65. The Morgan fingerprint density at radius 1 is 1.24 bits per heavy atom. The van der Waals surface area contributed by atoms with Crippen LogP contribution in [-0.2, 0) is 0 Å². The second-order valence-corrected chi connectivity index (χ2v) is 5.66. The summed E-state index contributed by atoms with van der Waals surface area (Å²) in [6, 6.07) is 10.2. The van der Waals surface area contributed by atoms with Crippen molar-refractivity contribution in [3.8, 4) is 5.75 Å². The summed E-state index contributed by atoms with van der Waals surface area (Å²) in [7, 11) is 3.28. The van der Waals surface area contributed by atoms with E-state index in [1.165, 1.54) is 12.3 Å². The molecule has 0 aliphatic carbocycles. The van der Waals surface area contributed by atoms with E-state index in [1.807, 2.05) is 12.1 Å². The molecule has 2 amide bonds. The van der Waals surface area contributed by atoms with Gasteiger partial charge in [0.25, 0.3) is 11.8 Å². The van der Waals surface area contributed by atoms with E-state index in [0.717, 1.165) is 12.8 Å². The molecule has 0 saturated heterocycles. The second kappa shape index (κ2) is 8.82. The number of hydrogen-bond donors (Lipinski definition) is 1. The number of anilines is 1. The van der Waals surface area contributed by atoms with Gasteiger partial charge >= 0.3 is 0 Å². The fourth-order valence-corrected chi connectivity index (χ4v) is 2.32. The summed E-state index contributed by atoms with van der Waals surface area (Å²) in [5.41, 5.74) is 1.19. The van der Waals surface area contributed by atoms with E-state index in [0.29, 0.717) is 23.5 Å². The van der Waals surface area contributed by atoms with Crippen LogP contribution in [0.2, 0.25) is 0 Å². The van der Waals surface area contributed by atoms with Gasteiger partial charge in [0, 0.05) is 25.4 Å². The first-order valence-electron chi connectivity index (χ1n) is 8.22. The monoisotopic (exact) mass is 341 g/mol. The van der Waals surface area contributed by atoms with Crippen molar-refractivity contribution in [3.05, 3.63) is 53.9 Å². The molecule has 0 atom stereocenters. The molecule has 1 aromatic heterocycles. The number of unbranched alkanes of at least 4 members (excludes halogenated alkanes) is 1. The van der Waals surface area contributed by atoms with Crippen LogP contribution < -0.4 is 10.1 Å². The Balaban J connectivity index is 2.15. The normalized spacial score (nSPS) is 10.2. The number of amides is 2. The van der Waals surface area contributed by atoms with Gasteiger partial charge in [-0.05, 0) is 30.7 Å². The highest BCUT2D eigenvalue weighted by Crippen LogP contribution is 2.23. The highest BCUT2D eigenvalue weighted by atomic mass is 16.5. The molecule has 0 unspecified atom stereocenters. The predicted octanol–water partition coefficient (Wildman–Crippen LogP) is 3.21. The van der Waals surface area contributed by atoms with Crippen LogP contribution in [0.1, 0.15) is 40.6 Å². The molecule has 2 aromatic rings. The highest BCUT2D eigenvalue weighted by Gasteiger charge is 2.16. The quantitative estimate of drug-likeness (QED) is 0.839. The third-order valence-electron chi connectivity index (χ3n) is 3.79. The van der Waals surface area contributed by atoms with Crippen LogP contribution in [0.15, 0.2) is 42.6 Å². The van der Waals surface area contributed by atoms with Gasteiger partial charge in [-0.3, -0.25) is 14.6 Å². The predicted molar refractivity (Wildman–Crippen MR) is 97.1 cm³/mol. The molecule has 1 N–H and O–H groups in total. The van der Waals surface area contributed by atoms with Crippen molar-refractivity contribution >= 4 is 17.5 Å². The summed E-state index contributed by atoms with van der Waals surface area (Å²) < 4.78 is 5.23. The van der Waals surface area contributed by atoms with Gasteiger partial charge < -0.3 is 15.0 Å². The molecular formula is C19H23N3O3. The van der Waals surface area contributed by atoms with Gasteiger partial charge in [-0.2, -0.15) is 0 Å². The Hall–Kier alpha value is -2.89. The van der Waals surface area contributed by atoms with Gasteiger partial charge in [0.1, 0.15) is 11.4 Å². The van der Waals surface area contributed by atoms with Crippen molar-refractivity contribution in [3.63, 3.8) is 0 Å². The van der Waals surface area contributed by atoms with Crippen molar-refractivity contribution in [2.24, 2.45) is 0 Å². The molecule has 6 nitrogen and oxygen atoms in total. The number of nitrogens with zero attached hydrogens (tertiary/aromatic N) is 2. The third-order valence-corrected chi connectivity index (χ3v) is 3.79.